The Morgan fingerprint density at radius 1 is 1.23 bits per heavy atom. The molecule has 1 unspecified atom stereocenters. The highest BCUT2D eigenvalue weighted by Crippen LogP contribution is 2.40. The van der Waals surface area contributed by atoms with Gasteiger partial charge in [-0.05, 0) is 0 Å². The van der Waals surface area contributed by atoms with Crippen molar-refractivity contribution in [3.05, 3.63) is 0 Å². The molecular formula is C3H2F5O4S-. The molecule has 0 aromatic rings. The molecule has 0 rings (SSSR count). The Morgan fingerprint density at radius 2 is 1.69 bits per heavy atom. The van der Waals surface area contributed by atoms with Crippen LogP contribution in [-0.2, 0) is 9.37 Å². The van der Waals surface area contributed by atoms with Gasteiger partial charge in [0.1, 0.15) is 12.0 Å². The fraction of sp³-hybridized carbons (Fsp3) is 1.00. The lowest BCUT2D eigenvalue weighted by Gasteiger charge is -2.22. The summed E-state index contributed by atoms with van der Waals surface area (Å²) in [6.45, 7) is 0. The van der Waals surface area contributed by atoms with Gasteiger partial charge in [-0.25, -0.2) is 0 Å². The van der Waals surface area contributed by atoms with Crippen molar-refractivity contribution in [2.75, 3.05) is 0 Å². The molecule has 0 radical (unpaired) electrons. The molecule has 4 nitrogen and oxygen atoms in total. The zero-order valence-electron chi connectivity index (χ0n) is 5.55. The van der Waals surface area contributed by atoms with E-state index < -0.39 is 29.6 Å². The van der Waals surface area contributed by atoms with Gasteiger partial charge in [-0.1, -0.05) is 0 Å². The average molecular weight is 229 g/mol. The quantitative estimate of drug-likeness (QED) is 0.326. The van der Waals surface area contributed by atoms with Crippen molar-refractivity contribution < 1.29 is 41.7 Å². The Balaban J connectivity index is 4.27. The smallest absolute Gasteiger partial charge is 0.421 e. The predicted octanol–water partition coefficient (Wildman–Crippen LogP) is 0.374. The minimum Gasteiger partial charge on any atom is -0.691 e. The van der Waals surface area contributed by atoms with Crippen LogP contribution in [0.5, 0.6) is 0 Å². The molecule has 10 heteroatoms. The Labute approximate surface area is 72.3 Å². The van der Waals surface area contributed by atoms with Gasteiger partial charge in [0, 0.05) is 0 Å². The number of aliphatic hydroxyl groups excluding tert-OH is 1. The summed E-state index contributed by atoms with van der Waals surface area (Å²) in [7, 11) is 0. The molecule has 0 aliphatic rings. The van der Waals surface area contributed by atoms with E-state index in [0.717, 1.165) is 0 Å². The molecule has 0 spiro atoms. The van der Waals surface area contributed by atoms with Gasteiger partial charge >= 0.3 is 11.4 Å². The van der Waals surface area contributed by atoms with Crippen LogP contribution in [0.1, 0.15) is 0 Å². The molecule has 80 valence electrons. The monoisotopic (exact) mass is 229 g/mol. The fourth-order valence-corrected chi connectivity index (χ4v) is 0.639. The van der Waals surface area contributed by atoms with E-state index in [1.165, 1.54) is 0 Å². The summed E-state index contributed by atoms with van der Waals surface area (Å²) in [6, 6.07) is 0. The number of aliphatic hydroxyl groups is 1. The van der Waals surface area contributed by atoms with Gasteiger partial charge < -0.3 is 10.4 Å². The summed E-state index contributed by atoms with van der Waals surface area (Å²) in [5.41, 5.74) is 0. The van der Waals surface area contributed by atoms with Crippen LogP contribution in [0.3, 0.4) is 0 Å². The Kier molecular flexibility index (Phi) is 4.32. The maximum Gasteiger partial charge on any atom is 0.421 e. The van der Waals surface area contributed by atoms with E-state index in [0.29, 0.717) is 0 Å². The summed E-state index contributed by atoms with van der Waals surface area (Å²) in [5.74, 6) is 0. The number of alkyl halides is 5. The third-order valence-corrected chi connectivity index (χ3v) is 1.37. The standard InChI is InChI=1S/C3H3F5O4S/c4-2(5,6)1(9)3(7,8)13-12-11-10/h1,9-10H/p-1. The lowest BCUT2D eigenvalue weighted by atomic mass is 10.4. The van der Waals surface area contributed by atoms with Gasteiger partial charge in [-0.2, -0.15) is 26.3 Å². The third kappa shape index (κ3) is 4.04. The van der Waals surface area contributed by atoms with Crippen LogP contribution >= 0.6 is 12.0 Å². The summed E-state index contributed by atoms with van der Waals surface area (Å²) in [5, 5.41) is 14.7. The predicted molar refractivity (Wildman–Crippen MR) is 26.8 cm³/mol. The van der Waals surface area contributed by atoms with Crippen molar-refractivity contribution in [3.8, 4) is 0 Å². The third-order valence-electron chi connectivity index (χ3n) is 0.801. The van der Waals surface area contributed by atoms with Crippen molar-refractivity contribution in [2.45, 2.75) is 17.5 Å². The van der Waals surface area contributed by atoms with Crippen LogP contribution in [0, 0.1) is 0 Å². The van der Waals surface area contributed by atoms with E-state index in [9.17, 15) is 22.0 Å². The second kappa shape index (κ2) is 4.37. The van der Waals surface area contributed by atoms with Gasteiger partial charge in [0.05, 0.1) is 0 Å². The van der Waals surface area contributed by atoms with E-state index in [1.54, 1.807) is 0 Å². The number of rotatable bonds is 4. The maximum atomic E-state index is 12.1. The first kappa shape index (κ1) is 12.8. The van der Waals surface area contributed by atoms with E-state index in [1.807, 2.05) is 0 Å². The molecule has 1 N–H and O–H groups in total. The van der Waals surface area contributed by atoms with E-state index >= 15 is 0 Å². The molecule has 0 bridgehead atoms. The average Bonchev–Trinajstić information content (AvgIpc) is 1.98. The summed E-state index contributed by atoms with van der Waals surface area (Å²) < 4.78 is 61.6. The lowest BCUT2D eigenvalue weighted by Crippen LogP contribution is -2.42. The molecule has 0 saturated carbocycles. The highest BCUT2D eigenvalue weighted by molar-refractivity contribution is 7.95. The molecule has 13 heavy (non-hydrogen) atoms. The molecule has 0 amide bonds. The molecule has 0 aromatic carbocycles. The SMILES string of the molecule is [O-]OOSC(F)(F)C(O)C(F)(F)F. The minimum absolute atomic E-state index is 1.22. The summed E-state index contributed by atoms with van der Waals surface area (Å²) in [4.78, 5) is 0. The van der Waals surface area contributed by atoms with Crippen molar-refractivity contribution in [1.82, 2.24) is 0 Å². The van der Waals surface area contributed by atoms with E-state index in [-0.39, 0.29) is 0 Å². The van der Waals surface area contributed by atoms with Gasteiger partial charge in [-0.15, -0.1) is 0 Å². The van der Waals surface area contributed by atoms with Gasteiger partial charge in [-0.3, -0.25) is 5.04 Å². The fourth-order valence-electron chi connectivity index (χ4n) is 0.295. The van der Waals surface area contributed by atoms with Crippen molar-refractivity contribution in [1.29, 1.82) is 0 Å². The van der Waals surface area contributed by atoms with Crippen LogP contribution in [0.4, 0.5) is 22.0 Å². The van der Waals surface area contributed by atoms with Crippen molar-refractivity contribution in [2.24, 2.45) is 0 Å². The van der Waals surface area contributed by atoms with Crippen LogP contribution in [0.2, 0.25) is 0 Å². The van der Waals surface area contributed by atoms with Crippen LogP contribution in [-0.4, -0.2) is 22.6 Å². The van der Waals surface area contributed by atoms with E-state index in [2.05, 4.69) is 9.37 Å². The normalized spacial score (nSPS) is 15.9. The lowest BCUT2D eigenvalue weighted by molar-refractivity contribution is -0.777. The molecule has 0 fully saturated rings. The largest absolute Gasteiger partial charge is 0.691 e. The van der Waals surface area contributed by atoms with Crippen LogP contribution in [0.15, 0.2) is 0 Å². The van der Waals surface area contributed by atoms with Gasteiger partial charge in [0.2, 0.25) is 6.10 Å². The summed E-state index contributed by atoms with van der Waals surface area (Å²) >= 11 is -1.22. The second-order valence-corrected chi connectivity index (χ2v) is 2.57. The van der Waals surface area contributed by atoms with Crippen LogP contribution < -0.4 is 5.26 Å². The molecule has 0 aliphatic heterocycles. The number of hydrogen-bond donors (Lipinski definition) is 1. The molecule has 1 atom stereocenters. The first-order valence-electron chi connectivity index (χ1n) is 2.48. The van der Waals surface area contributed by atoms with Crippen LogP contribution in [0.25, 0.3) is 0 Å². The van der Waals surface area contributed by atoms with E-state index in [4.69, 9.17) is 10.4 Å². The van der Waals surface area contributed by atoms with Gasteiger partial charge in [0.25, 0.3) is 0 Å². The highest BCUT2D eigenvalue weighted by Gasteiger charge is 2.56. The Morgan fingerprint density at radius 3 is 2.00 bits per heavy atom. The molecule has 0 aromatic heterocycles. The topological polar surface area (TPSA) is 61.8 Å². The summed E-state index contributed by atoms with van der Waals surface area (Å²) in [6.07, 6.45) is -9.44. The Bertz CT molecular complexity index is 160. The highest BCUT2D eigenvalue weighted by atomic mass is 32.2. The molecule has 0 heterocycles. The van der Waals surface area contributed by atoms with Gasteiger partial charge in [0.15, 0.2) is 0 Å². The first-order chi connectivity index (χ1) is 5.72. The molecule has 0 aliphatic carbocycles. The first-order valence-corrected chi connectivity index (χ1v) is 3.23. The minimum atomic E-state index is -5.51. The van der Waals surface area contributed by atoms with Crippen molar-refractivity contribution >= 4 is 12.0 Å². The number of halogens is 5. The molecule has 0 saturated heterocycles. The van der Waals surface area contributed by atoms with Crippen molar-refractivity contribution in [3.63, 3.8) is 0 Å². The zero-order chi connectivity index (χ0) is 10.7. The molecular weight excluding hydrogens is 227 g/mol. The Hall–Kier alpha value is -0.160. The number of hydrogen-bond acceptors (Lipinski definition) is 5. The maximum absolute atomic E-state index is 12.1. The zero-order valence-corrected chi connectivity index (χ0v) is 6.36. The second-order valence-electron chi connectivity index (χ2n) is 1.73.